The van der Waals surface area contributed by atoms with Crippen LogP contribution in [0.2, 0.25) is 0 Å². The minimum absolute atomic E-state index is 0.116. The molecule has 1 aliphatic rings. The monoisotopic (exact) mass is 285 g/mol. The molecule has 2 atom stereocenters. The van der Waals surface area contributed by atoms with Crippen molar-refractivity contribution in [3.05, 3.63) is 42.5 Å². The van der Waals surface area contributed by atoms with E-state index in [1.54, 1.807) is 0 Å². The maximum atomic E-state index is 6.35. The van der Waals surface area contributed by atoms with Gasteiger partial charge in [0.15, 0.2) is 0 Å². The van der Waals surface area contributed by atoms with Crippen LogP contribution in [-0.4, -0.2) is 32.4 Å². The first-order chi connectivity index (χ1) is 10.4. The second-order valence-electron chi connectivity index (χ2n) is 5.55. The molecule has 0 bridgehead atoms. The van der Waals surface area contributed by atoms with E-state index in [1.807, 2.05) is 6.92 Å². The first kappa shape index (κ1) is 14.4. The molecule has 0 radical (unpaired) electrons. The molecule has 1 fully saturated rings. The van der Waals surface area contributed by atoms with Crippen molar-refractivity contribution in [2.75, 3.05) is 26.3 Å². The maximum absolute atomic E-state index is 6.35. The number of benzene rings is 2. The Morgan fingerprint density at radius 1 is 1.19 bits per heavy atom. The van der Waals surface area contributed by atoms with Crippen molar-refractivity contribution in [1.82, 2.24) is 5.32 Å². The molecule has 1 saturated heterocycles. The Balaban J connectivity index is 1.82. The highest BCUT2D eigenvalue weighted by Gasteiger charge is 2.27. The Morgan fingerprint density at radius 2 is 2.05 bits per heavy atom. The Bertz CT molecular complexity index is 573. The van der Waals surface area contributed by atoms with Crippen LogP contribution in [0.15, 0.2) is 42.5 Å². The predicted molar refractivity (Wildman–Crippen MR) is 85.8 cm³/mol. The Labute approximate surface area is 126 Å². The molecule has 1 N–H and O–H groups in total. The highest BCUT2D eigenvalue weighted by molar-refractivity contribution is 5.88. The molecule has 1 heterocycles. The van der Waals surface area contributed by atoms with Gasteiger partial charge in [0.1, 0.15) is 11.9 Å². The summed E-state index contributed by atoms with van der Waals surface area (Å²) in [5, 5.41) is 5.81. The summed E-state index contributed by atoms with van der Waals surface area (Å²) < 4.78 is 12.0. The van der Waals surface area contributed by atoms with Gasteiger partial charge in [0.25, 0.3) is 0 Å². The van der Waals surface area contributed by atoms with Crippen molar-refractivity contribution in [3.8, 4) is 5.75 Å². The van der Waals surface area contributed by atoms with Crippen LogP contribution in [0.4, 0.5) is 0 Å². The topological polar surface area (TPSA) is 30.5 Å². The average molecular weight is 285 g/mol. The molecule has 0 spiro atoms. The molecule has 3 rings (SSSR count). The van der Waals surface area contributed by atoms with Gasteiger partial charge in [-0.25, -0.2) is 0 Å². The van der Waals surface area contributed by atoms with Gasteiger partial charge in [0.05, 0.1) is 6.61 Å². The number of ether oxygens (including phenoxy) is 2. The lowest BCUT2D eigenvalue weighted by molar-refractivity contribution is 0.0300. The van der Waals surface area contributed by atoms with Crippen molar-refractivity contribution < 1.29 is 9.47 Å². The number of hydrogen-bond acceptors (Lipinski definition) is 3. The van der Waals surface area contributed by atoms with Gasteiger partial charge < -0.3 is 14.8 Å². The van der Waals surface area contributed by atoms with Gasteiger partial charge in [-0.2, -0.15) is 0 Å². The standard InChI is InChI=1S/C18H23NO2/c1-2-20-13-18(15-10-11-19-12-15)21-17-9-5-7-14-6-3-4-8-16(14)17/h3-9,15,18-19H,2,10-13H2,1H3/t15?,18-/m0/s1. The van der Waals surface area contributed by atoms with Crippen molar-refractivity contribution in [3.63, 3.8) is 0 Å². The van der Waals surface area contributed by atoms with E-state index in [0.717, 1.165) is 31.9 Å². The quantitative estimate of drug-likeness (QED) is 0.884. The lowest BCUT2D eigenvalue weighted by Gasteiger charge is -2.25. The van der Waals surface area contributed by atoms with Gasteiger partial charge >= 0.3 is 0 Å². The van der Waals surface area contributed by atoms with Crippen LogP contribution in [0.1, 0.15) is 13.3 Å². The van der Waals surface area contributed by atoms with Crippen molar-refractivity contribution in [2.24, 2.45) is 5.92 Å². The summed E-state index contributed by atoms with van der Waals surface area (Å²) in [4.78, 5) is 0. The SMILES string of the molecule is CCOC[C@H](Oc1cccc2ccccc12)C1CCNC1. The molecular weight excluding hydrogens is 262 g/mol. The largest absolute Gasteiger partial charge is 0.487 e. The molecule has 21 heavy (non-hydrogen) atoms. The van der Waals surface area contributed by atoms with Gasteiger partial charge in [0, 0.05) is 24.5 Å². The molecule has 1 aliphatic heterocycles. The number of rotatable bonds is 6. The predicted octanol–water partition coefficient (Wildman–Crippen LogP) is 3.23. The van der Waals surface area contributed by atoms with E-state index in [1.165, 1.54) is 10.8 Å². The van der Waals surface area contributed by atoms with Crippen LogP contribution in [0.25, 0.3) is 10.8 Å². The molecule has 0 amide bonds. The fraction of sp³-hybridized carbons (Fsp3) is 0.444. The molecule has 2 aromatic carbocycles. The average Bonchev–Trinajstić information content (AvgIpc) is 3.06. The highest BCUT2D eigenvalue weighted by atomic mass is 16.5. The maximum Gasteiger partial charge on any atom is 0.127 e. The summed E-state index contributed by atoms with van der Waals surface area (Å²) >= 11 is 0. The van der Waals surface area contributed by atoms with E-state index < -0.39 is 0 Å². The van der Waals surface area contributed by atoms with Crippen LogP contribution in [-0.2, 0) is 4.74 Å². The van der Waals surface area contributed by atoms with Gasteiger partial charge in [-0.1, -0.05) is 36.4 Å². The molecule has 112 valence electrons. The van der Waals surface area contributed by atoms with Crippen molar-refractivity contribution in [2.45, 2.75) is 19.4 Å². The van der Waals surface area contributed by atoms with E-state index in [9.17, 15) is 0 Å². The third kappa shape index (κ3) is 3.36. The summed E-state index contributed by atoms with van der Waals surface area (Å²) in [6, 6.07) is 14.6. The minimum Gasteiger partial charge on any atom is -0.487 e. The fourth-order valence-electron chi connectivity index (χ4n) is 2.96. The van der Waals surface area contributed by atoms with Crippen LogP contribution < -0.4 is 10.1 Å². The van der Waals surface area contributed by atoms with E-state index in [-0.39, 0.29) is 6.10 Å². The first-order valence-corrected chi connectivity index (χ1v) is 7.81. The molecule has 1 unspecified atom stereocenters. The zero-order valence-corrected chi connectivity index (χ0v) is 12.5. The normalized spacial score (nSPS) is 19.8. The third-order valence-corrected chi connectivity index (χ3v) is 4.14. The lowest BCUT2D eigenvalue weighted by atomic mass is 10.0. The summed E-state index contributed by atoms with van der Waals surface area (Å²) in [6.07, 6.45) is 1.27. The second kappa shape index (κ2) is 6.92. The van der Waals surface area contributed by atoms with Crippen molar-refractivity contribution in [1.29, 1.82) is 0 Å². The zero-order chi connectivity index (χ0) is 14.5. The van der Waals surface area contributed by atoms with Gasteiger partial charge in [-0.3, -0.25) is 0 Å². The summed E-state index contributed by atoms with van der Waals surface area (Å²) in [5.74, 6) is 1.49. The van der Waals surface area contributed by atoms with Crippen molar-refractivity contribution >= 4 is 10.8 Å². The lowest BCUT2D eigenvalue weighted by Crippen LogP contribution is -2.33. The summed E-state index contributed by atoms with van der Waals surface area (Å²) in [7, 11) is 0. The number of nitrogens with one attached hydrogen (secondary N) is 1. The van der Waals surface area contributed by atoms with E-state index in [2.05, 4.69) is 47.8 Å². The Kier molecular flexibility index (Phi) is 4.73. The molecule has 3 nitrogen and oxygen atoms in total. The fourth-order valence-corrected chi connectivity index (χ4v) is 2.96. The smallest absolute Gasteiger partial charge is 0.127 e. The minimum atomic E-state index is 0.116. The number of hydrogen-bond donors (Lipinski definition) is 1. The van der Waals surface area contributed by atoms with Crippen LogP contribution in [0.5, 0.6) is 5.75 Å². The summed E-state index contributed by atoms with van der Waals surface area (Å²) in [6.45, 7) is 5.51. The first-order valence-electron chi connectivity index (χ1n) is 7.81. The van der Waals surface area contributed by atoms with Crippen LogP contribution >= 0.6 is 0 Å². The molecule has 0 aliphatic carbocycles. The van der Waals surface area contributed by atoms with Crippen LogP contribution in [0, 0.1) is 5.92 Å². The molecular formula is C18H23NO2. The highest BCUT2D eigenvalue weighted by Crippen LogP contribution is 2.28. The number of fused-ring (bicyclic) bond motifs is 1. The van der Waals surface area contributed by atoms with E-state index >= 15 is 0 Å². The van der Waals surface area contributed by atoms with E-state index in [0.29, 0.717) is 12.5 Å². The van der Waals surface area contributed by atoms with E-state index in [4.69, 9.17) is 9.47 Å². The zero-order valence-electron chi connectivity index (χ0n) is 12.5. The third-order valence-electron chi connectivity index (χ3n) is 4.14. The molecule has 3 heteroatoms. The van der Waals surface area contributed by atoms with Gasteiger partial charge in [-0.15, -0.1) is 0 Å². The second-order valence-corrected chi connectivity index (χ2v) is 5.55. The summed E-state index contributed by atoms with van der Waals surface area (Å²) in [5.41, 5.74) is 0. The molecule has 0 saturated carbocycles. The van der Waals surface area contributed by atoms with Gasteiger partial charge in [-0.05, 0) is 31.3 Å². The Morgan fingerprint density at radius 3 is 2.86 bits per heavy atom. The molecule has 0 aromatic heterocycles. The van der Waals surface area contributed by atoms with Gasteiger partial charge in [0.2, 0.25) is 0 Å². The Hall–Kier alpha value is -1.58. The van der Waals surface area contributed by atoms with Crippen LogP contribution in [0.3, 0.4) is 0 Å². The molecule has 2 aromatic rings.